The lowest BCUT2D eigenvalue weighted by Crippen LogP contribution is -2.53. The van der Waals surface area contributed by atoms with E-state index in [9.17, 15) is 4.79 Å². The van der Waals surface area contributed by atoms with Gasteiger partial charge in [-0.2, -0.15) is 0 Å². The summed E-state index contributed by atoms with van der Waals surface area (Å²) < 4.78 is 5.78. The maximum atomic E-state index is 12.3. The summed E-state index contributed by atoms with van der Waals surface area (Å²) in [5.74, 6) is -0.0332. The highest BCUT2D eigenvalue weighted by molar-refractivity contribution is 7.09. The Morgan fingerprint density at radius 1 is 1.72 bits per heavy atom. The second-order valence-electron chi connectivity index (χ2n) is 5.20. The second-order valence-corrected chi connectivity index (χ2v) is 6.15. The number of carbonyl (C=O) groups is 1. The summed E-state index contributed by atoms with van der Waals surface area (Å²) in [4.78, 5) is 18.4. The number of amides is 1. The van der Waals surface area contributed by atoms with E-state index in [-0.39, 0.29) is 17.6 Å². The van der Waals surface area contributed by atoms with Gasteiger partial charge in [0.05, 0.1) is 11.7 Å². The topological polar surface area (TPSA) is 68.5 Å². The van der Waals surface area contributed by atoms with Gasteiger partial charge in [0.2, 0.25) is 0 Å². The standard InChI is InChI=1S/C12H19N3O2S/c1-8-5-15(7-12(2,3)17-8)11(16)9-6-18-10(4-13)14-9/h6,8H,4-5,7,13H2,1-3H3/t8-/m0/s1. The number of hydrogen-bond acceptors (Lipinski definition) is 5. The molecule has 100 valence electrons. The lowest BCUT2D eigenvalue weighted by molar-refractivity contribution is -0.118. The Kier molecular flexibility index (Phi) is 3.70. The Balaban J connectivity index is 2.13. The van der Waals surface area contributed by atoms with Crippen LogP contribution in [0, 0.1) is 0 Å². The van der Waals surface area contributed by atoms with E-state index in [1.165, 1.54) is 11.3 Å². The zero-order valence-corrected chi connectivity index (χ0v) is 11.8. The number of ether oxygens (including phenoxy) is 1. The van der Waals surface area contributed by atoms with Crippen LogP contribution in [0.25, 0.3) is 0 Å². The van der Waals surface area contributed by atoms with Crippen molar-refractivity contribution in [1.82, 2.24) is 9.88 Å². The molecule has 2 N–H and O–H groups in total. The molecule has 18 heavy (non-hydrogen) atoms. The molecule has 1 atom stereocenters. The summed E-state index contributed by atoms with van der Waals surface area (Å²) >= 11 is 1.43. The van der Waals surface area contributed by atoms with Crippen molar-refractivity contribution < 1.29 is 9.53 Å². The molecule has 0 bridgehead atoms. The molecule has 1 amide bonds. The van der Waals surface area contributed by atoms with Gasteiger partial charge >= 0.3 is 0 Å². The van der Waals surface area contributed by atoms with Crippen LogP contribution in [0.2, 0.25) is 0 Å². The van der Waals surface area contributed by atoms with E-state index in [0.717, 1.165) is 5.01 Å². The van der Waals surface area contributed by atoms with Gasteiger partial charge in [-0.05, 0) is 20.8 Å². The predicted octanol–water partition coefficient (Wildman–Crippen LogP) is 1.24. The molecule has 1 saturated heterocycles. The van der Waals surface area contributed by atoms with Crippen LogP contribution in [-0.4, -0.2) is 40.6 Å². The van der Waals surface area contributed by atoms with Gasteiger partial charge in [-0.15, -0.1) is 11.3 Å². The molecule has 0 saturated carbocycles. The molecule has 1 fully saturated rings. The van der Waals surface area contributed by atoms with Crippen LogP contribution < -0.4 is 5.73 Å². The van der Waals surface area contributed by atoms with Crippen molar-refractivity contribution in [3.8, 4) is 0 Å². The van der Waals surface area contributed by atoms with Crippen molar-refractivity contribution in [2.75, 3.05) is 13.1 Å². The zero-order chi connectivity index (χ0) is 13.3. The SMILES string of the molecule is C[C@H]1CN(C(=O)c2csc(CN)n2)CC(C)(C)O1. The number of nitrogens with two attached hydrogens (primary N) is 1. The van der Waals surface area contributed by atoms with Crippen molar-refractivity contribution in [3.05, 3.63) is 16.1 Å². The van der Waals surface area contributed by atoms with Crippen LogP contribution in [-0.2, 0) is 11.3 Å². The molecular formula is C12H19N3O2S. The Labute approximate surface area is 111 Å². The number of hydrogen-bond donors (Lipinski definition) is 1. The monoisotopic (exact) mass is 269 g/mol. The molecule has 0 aliphatic carbocycles. The zero-order valence-electron chi connectivity index (χ0n) is 11.0. The molecule has 1 aromatic heterocycles. The first-order chi connectivity index (χ1) is 8.41. The maximum absolute atomic E-state index is 12.3. The molecule has 6 heteroatoms. The normalized spacial score (nSPS) is 23.1. The largest absolute Gasteiger partial charge is 0.369 e. The van der Waals surface area contributed by atoms with E-state index in [0.29, 0.717) is 25.3 Å². The highest BCUT2D eigenvalue weighted by Crippen LogP contribution is 2.22. The first-order valence-electron chi connectivity index (χ1n) is 6.03. The van der Waals surface area contributed by atoms with Gasteiger partial charge in [0.15, 0.2) is 0 Å². The molecule has 0 aromatic carbocycles. The van der Waals surface area contributed by atoms with Gasteiger partial charge in [-0.3, -0.25) is 4.79 Å². The third-order valence-corrected chi connectivity index (χ3v) is 3.67. The van der Waals surface area contributed by atoms with E-state index in [1.54, 1.807) is 5.38 Å². The van der Waals surface area contributed by atoms with Crippen LogP contribution in [0.4, 0.5) is 0 Å². The first-order valence-corrected chi connectivity index (χ1v) is 6.91. The van der Waals surface area contributed by atoms with Gasteiger partial charge in [0.25, 0.3) is 5.91 Å². The fraction of sp³-hybridized carbons (Fsp3) is 0.667. The third-order valence-electron chi connectivity index (χ3n) is 2.80. The van der Waals surface area contributed by atoms with Crippen LogP contribution in [0.1, 0.15) is 36.3 Å². The van der Waals surface area contributed by atoms with Crippen molar-refractivity contribution in [1.29, 1.82) is 0 Å². The molecule has 0 radical (unpaired) electrons. The van der Waals surface area contributed by atoms with Gasteiger partial charge in [0.1, 0.15) is 10.7 Å². The molecule has 1 aliphatic heterocycles. The maximum Gasteiger partial charge on any atom is 0.273 e. The quantitative estimate of drug-likeness (QED) is 0.877. The van der Waals surface area contributed by atoms with Gasteiger partial charge in [0, 0.05) is 25.0 Å². The van der Waals surface area contributed by atoms with Crippen LogP contribution in [0.3, 0.4) is 0 Å². The fourth-order valence-corrected chi connectivity index (χ4v) is 2.92. The molecule has 5 nitrogen and oxygen atoms in total. The molecule has 0 spiro atoms. The van der Waals surface area contributed by atoms with Crippen molar-refractivity contribution in [2.45, 2.75) is 39.0 Å². The molecule has 2 rings (SSSR count). The molecular weight excluding hydrogens is 250 g/mol. The molecule has 1 aliphatic rings. The summed E-state index contributed by atoms with van der Waals surface area (Å²) in [6, 6.07) is 0. The lowest BCUT2D eigenvalue weighted by Gasteiger charge is -2.41. The highest BCUT2D eigenvalue weighted by atomic mass is 32.1. The average Bonchev–Trinajstić information content (AvgIpc) is 2.73. The summed E-state index contributed by atoms with van der Waals surface area (Å²) in [5.41, 5.74) is 5.70. The van der Waals surface area contributed by atoms with Crippen LogP contribution in [0.15, 0.2) is 5.38 Å². The lowest BCUT2D eigenvalue weighted by atomic mass is 10.1. The predicted molar refractivity (Wildman–Crippen MR) is 70.5 cm³/mol. The number of thiazole rings is 1. The van der Waals surface area contributed by atoms with E-state index < -0.39 is 0 Å². The average molecular weight is 269 g/mol. The smallest absolute Gasteiger partial charge is 0.273 e. The summed E-state index contributed by atoms with van der Waals surface area (Å²) in [6.45, 7) is 7.55. The number of carbonyl (C=O) groups excluding carboxylic acids is 1. The van der Waals surface area contributed by atoms with Crippen LogP contribution in [0.5, 0.6) is 0 Å². The summed E-state index contributed by atoms with van der Waals surface area (Å²) in [5, 5.41) is 2.57. The van der Waals surface area contributed by atoms with Crippen LogP contribution >= 0.6 is 11.3 Å². The Hall–Kier alpha value is -0.980. The Morgan fingerprint density at radius 3 is 3.00 bits per heavy atom. The van der Waals surface area contributed by atoms with Gasteiger partial charge in [-0.25, -0.2) is 4.98 Å². The minimum absolute atomic E-state index is 0.0332. The minimum Gasteiger partial charge on any atom is -0.369 e. The van der Waals surface area contributed by atoms with Crippen molar-refractivity contribution in [2.24, 2.45) is 5.73 Å². The van der Waals surface area contributed by atoms with Crippen molar-refractivity contribution in [3.63, 3.8) is 0 Å². The second kappa shape index (κ2) is 4.95. The minimum atomic E-state index is -0.306. The number of nitrogens with zero attached hydrogens (tertiary/aromatic N) is 2. The fourth-order valence-electron chi connectivity index (χ4n) is 2.27. The Bertz CT molecular complexity index is 444. The van der Waals surface area contributed by atoms with Gasteiger partial charge in [-0.1, -0.05) is 0 Å². The number of rotatable bonds is 2. The molecule has 1 aromatic rings. The van der Waals surface area contributed by atoms with Crippen molar-refractivity contribution >= 4 is 17.2 Å². The number of morpholine rings is 1. The van der Waals surface area contributed by atoms with E-state index >= 15 is 0 Å². The third kappa shape index (κ3) is 2.88. The Morgan fingerprint density at radius 2 is 2.44 bits per heavy atom. The van der Waals surface area contributed by atoms with E-state index in [1.807, 2.05) is 25.7 Å². The van der Waals surface area contributed by atoms with E-state index in [2.05, 4.69) is 4.98 Å². The summed E-state index contributed by atoms with van der Waals surface area (Å²) in [7, 11) is 0. The highest BCUT2D eigenvalue weighted by Gasteiger charge is 2.34. The van der Waals surface area contributed by atoms with E-state index in [4.69, 9.17) is 10.5 Å². The van der Waals surface area contributed by atoms with Gasteiger partial charge < -0.3 is 15.4 Å². The molecule has 2 heterocycles. The number of aromatic nitrogens is 1. The summed E-state index contributed by atoms with van der Waals surface area (Å²) in [6.07, 6.45) is 0.0466. The first kappa shape index (κ1) is 13.5. The molecule has 0 unspecified atom stereocenters.